The van der Waals surface area contributed by atoms with Gasteiger partial charge in [-0.1, -0.05) is 12.1 Å². The summed E-state index contributed by atoms with van der Waals surface area (Å²) in [6.45, 7) is 3.36. The molecule has 1 aromatic carbocycles. The minimum Gasteiger partial charge on any atom is -0.465 e. The quantitative estimate of drug-likeness (QED) is 0.802. The van der Waals surface area contributed by atoms with Gasteiger partial charge >= 0.3 is 5.97 Å². The minimum atomic E-state index is -0.467. The number of esters is 1. The molecule has 2 aromatic rings. The average molecular weight is 358 g/mol. The predicted molar refractivity (Wildman–Crippen MR) is 95.7 cm³/mol. The first-order valence-corrected chi connectivity index (χ1v) is 8.08. The van der Waals surface area contributed by atoms with Crippen LogP contribution in [0.3, 0.4) is 0 Å². The normalized spacial score (nSPS) is 10.3. The number of anilines is 1. The van der Waals surface area contributed by atoms with Crippen LogP contribution in [0.4, 0.5) is 5.69 Å². The zero-order valence-electron chi connectivity index (χ0n) is 15.3. The first-order chi connectivity index (χ1) is 12.3. The number of aryl methyl sites for hydroxylation is 1. The molecule has 0 fully saturated rings. The third-order valence-electron chi connectivity index (χ3n) is 3.82. The Morgan fingerprint density at radius 3 is 2.42 bits per heavy atom. The molecule has 7 heteroatoms. The highest BCUT2D eigenvalue weighted by Gasteiger charge is 2.18. The van der Waals surface area contributed by atoms with Crippen molar-refractivity contribution in [2.75, 3.05) is 19.5 Å². The van der Waals surface area contributed by atoms with E-state index in [1.807, 2.05) is 0 Å². The van der Waals surface area contributed by atoms with Gasteiger partial charge in [-0.3, -0.25) is 9.59 Å². The molecule has 2 amide bonds. The minimum absolute atomic E-state index is 0.0917. The van der Waals surface area contributed by atoms with E-state index >= 15 is 0 Å². The number of hydrogen-bond acceptors (Lipinski definition) is 5. The number of hydrogen-bond donors (Lipinski definition) is 1. The fourth-order valence-corrected chi connectivity index (χ4v) is 2.47. The van der Waals surface area contributed by atoms with Gasteiger partial charge in [-0.25, -0.2) is 4.79 Å². The third kappa shape index (κ3) is 4.95. The molecule has 26 heavy (non-hydrogen) atoms. The van der Waals surface area contributed by atoms with Gasteiger partial charge in [0.15, 0.2) is 0 Å². The largest absolute Gasteiger partial charge is 0.465 e. The summed E-state index contributed by atoms with van der Waals surface area (Å²) >= 11 is 0. The number of rotatable bonds is 6. The average Bonchev–Trinajstić information content (AvgIpc) is 2.95. The lowest BCUT2D eigenvalue weighted by molar-refractivity contribution is -0.129. The van der Waals surface area contributed by atoms with E-state index in [-0.39, 0.29) is 24.8 Å². The summed E-state index contributed by atoms with van der Waals surface area (Å²) in [5.41, 5.74) is 1.88. The van der Waals surface area contributed by atoms with Crippen molar-refractivity contribution in [2.24, 2.45) is 0 Å². The molecule has 0 atom stereocenters. The number of methoxy groups -OCH3 is 1. The molecule has 0 saturated heterocycles. The van der Waals surface area contributed by atoms with E-state index in [0.717, 1.165) is 5.56 Å². The van der Waals surface area contributed by atoms with Crippen molar-refractivity contribution in [2.45, 2.75) is 26.8 Å². The molecule has 138 valence electrons. The molecule has 2 rings (SSSR count). The molecule has 0 saturated carbocycles. The summed E-state index contributed by atoms with van der Waals surface area (Å²) in [5.74, 6) is 0.270. The summed E-state index contributed by atoms with van der Waals surface area (Å²) in [6.07, 6.45) is 0.223. The van der Waals surface area contributed by atoms with Crippen LogP contribution in [0.25, 0.3) is 0 Å². The van der Waals surface area contributed by atoms with Crippen LogP contribution < -0.4 is 5.32 Å². The van der Waals surface area contributed by atoms with Gasteiger partial charge < -0.3 is 19.4 Å². The Hall–Kier alpha value is -3.09. The molecule has 0 radical (unpaired) electrons. The molecule has 1 aromatic heterocycles. The van der Waals surface area contributed by atoms with Crippen molar-refractivity contribution in [3.8, 4) is 0 Å². The smallest absolute Gasteiger partial charge is 0.341 e. The lowest BCUT2D eigenvalue weighted by Gasteiger charge is -2.16. The number of furan rings is 1. The van der Waals surface area contributed by atoms with E-state index < -0.39 is 5.97 Å². The van der Waals surface area contributed by atoms with Gasteiger partial charge in [-0.05, 0) is 30.7 Å². The van der Waals surface area contributed by atoms with Crippen LogP contribution in [-0.2, 0) is 27.3 Å². The molecular weight excluding hydrogens is 336 g/mol. The first kappa shape index (κ1) is 19.2. The summed E-state index contributed by atoms with van der Waals surface area (Å²) in [4.78, 5) is 36.5. The fourth-order valence-electron chi connectivity index (χ4n) is 2.47. The molecule has 0 bridgehead atoms. The maximum absolute atomic E-state index is 12.4. The van der Waals surface area contributed by atoms with Crippen molar-refractivity contribution in [1.29, 1.82) is 0 Å². The summed E-state index contributed by atoms with van der Waals surface area (Å²) < 4.78 is 10.2. The van der Waals surface area contributed by atoms with Crippen molar-refractivity contribution < 1.29 is 23.5 Å². The first-order valence-electron chi connectivity index (χ1n) is 8.08. The van der Waals surface area contributed by atoms with Crippen LogP contribution in [0.15, 0.2) is 34.7 Å². The number of ether oxygens (including phenoxy) is 1. The van der Waals surface area contributed by atoms with Crippen LogP contribution in [0, 0.1) is 6.92 Å². The van der Waals surface area contributed by atoms with Gasteiger partial charge in [-0.15, -0.1) is 0 Å². The number of benzene rings is 1. The summed E-state index contributed by atoms with van der Waals surface area (Å²) in [6, 6.07) is 8.69. The zero-order valence-corrected chi connectivity index (χ0v) is 15.3. The standard InChI is InChI=1S/C19H22N2O5/c1-12-17(19(24)25-4)10-16(26-12)11-21(3)18(23)9-14-5-7-15(8-6-14)20-13(2)22/h5-8,10H,9,11H2,1-4H3,(H,20,22). The molecule has 7 nitrogen and oxygen atoms in total. The maximum Gasteiger partial charge on any atom is 0.341 e. The summed E-state index contributed by atoms with van der Waals surface area (Å²) in [5, 5.41) is 2.68. The molecule has 0 unspecified atom stereocenters. The van der Waals surface area contributed by atoms with E-state index in [1.54, 1.807) is 44.3 Å². The van der Waals surface area contributed by atoms with Gasteiger partial charge in [0.05, 0.1) is 20.1 Å². The highest BCUT2D eigenvalue weighted by atomic mass is 16.5. The molecule has 0 aliphatic heterocycles. The number of nitrogens with one attached hydrogen (secondary N) is 1. The van der Waals surface area contributed by atoms with Gasteiger partial charge in [0.25, 0.3) is 0 Å². The van der Waals surface area contributed by atoms with Crippen molar-refractivity contribution in [3.63, 3.8) is 0 Å². The van der Waals surface area contributed by atoms with Gasteiger partial charge in [0.1, 0.15) is 17.1 Å². The Balaban J connectivity index is 1.97. The van der Waals surface area contributed by atoms with Crippen molar-refractivity contribution >= 4 is 23.5 Å². The monoisotopic (exact) mass is 358 g/mol. The van der Waals surface area contributed by atoms with Crippen LogP contribution in [0.2, 0.25) is 0 Å². The van der Waals surface area contributed by atoms with Crippen LogP contribution in [0.1, 0.15) is 34.4 Å². The highest BCUT2D eigenvalue weighted by molar-refractivity contribution is 5.90. The number of carbonyl (C=O) groups is 3. The Morgan fingerprint density at radius 1 is 1.19 bits per heavy atom. The Bertz CT molecular complexity index is 808. The Labute approximate surface area is 151 Å². The van der Waals surface area contributed by atoms with Crippen LogP contribution in [-0.4, -0.2) is 36.8 Å². The molecule has 0 spiro atoms. The van der Waals surface area contributed by atoms with E-state index in [9.17, 15) is 14.4 Å². The van der Waals surface area contributed by atoms with Gasteiger partial charge in [0.2, 0.25) is 11.8 Å². The van der Waals surface area contributed by atoms with Crippen LogP contribution in [0.5, 0.6) is 0 Å². The maximum atomic E-state index is 12.4. The number of likely N-dealkylation sites (N-methyl/N-ethyl adjacent to an activating group) is 1. The fraction of sp³-hybridized carbons (Fsp3) is 0.316. The van der Waals surface area contributed by atoms with E-state index in [1.165, 1.54) is 18.9 Å². The predicted octanol–water partition coefficient (Wildman–Crippen LogP) is 2.53. The molecule has 0 aliphatic carbocycles. The molecule has 0 aliphatic rings. The Kier molecular flexibility index (Phi) is 6.16. The molecule has 1 N–H and O–H groups in total. The SMILES string of the molecule is COC(=O)c1cc(CN(C)C(=O)Cc2ccc(NC(C)=O)cc2)oc1C. The second-order valence-electron chi connectivity index (χ2n) is 5.98. The lowest BCUT2D eigenvalue weighted by atomic mass is 10.1. The second-order valence-corrected chi connectivity index (χ2v) is 5.98. The number of amides is 2. The molecular formula is C19H22N2O5. The third-order valence-corrected chi connectivity index (χ3v) is 3.82. The van der Waals surface area contributed by atoms with Crippen molar-refractivity contribution in [1.82, 2.24) is 4.90 Å². The van der Waals surface area contributed by atoms with Gasteiger partial charge in [0, 0.05) is 19.7 Å². The topological polar surface area (TPSA) is 88.9 Å². The second kappa shape index (κ2) is 8.33. The summed E-state index contributed by atoms with van der Waals surface area (Å²) in [7, 11) is 2.98. The highest BCUT2D eigenvalue weighted by Crippen LogP contribution is 2.17. The van der Waals surface area contributed by atoms with Gasteiger partial charge in [-0.2, -0.15) is 0 Å². The Morgan fingerprint density at radius 2 is 1.85 bits per heavy atom. The zero-order chi connectivity index (χ0) is 19.3. The van der Waals surface area contributed by atoms with E-state index in [0.29, 0.717) is 22.8 Å². The number of carbonyl (C=O) groups excluding carboxylic acids is 3. The molecule has 1 heterocycles. The lowest BCUT2D eigenvalue weighted by Crippen LogP contribution is -2.27. The van der Waals surface area contributed by atoms with E-state index in [2.05, 4.69) is 10.1 Å². The van der Waals surface area contributed by atoms with E-state index in [4.69, 9.17) is 4.42 Å². The van der Waals surface area contributed by atoms with Crippen molar-refractivity contribution in [3.05, 3.63) is 53.0 Å². The van der Waals surface area contributed by atoms with Crippen LogP contribution >= 0.6 is 0 Å². The number of nitrogens with zero attached hydrogens (tertiary/aromatic N) is 1.